The van der Waals surface area contributed by atoms with E-state index < -0.39 is 0 Å². The van der Waals surface area contributed by atoms with E-state index in [9.17, 15) is 9.59 Å². The highest BCUT2D eigenvalue weighted by atomic mass is 79.9. The summed E-state index contributed by atoms with van der Waals surface area (Å²) < 4.78 is 0.797. The van der Waals surface area contributed by atoms with Crippen molar-refractivity contribution in [3.8, 4) is 9.88 Å². The van der Waals surface area contributed by atoms with E-state index in [1.807, 2.05) is 41.1 Å². The molecule has 8 heteroatoms. The number of likely N-dealkylation sites (N-methyl/N-ethyl adjacent to an activating group) is 1. The van der Waals surface area contributed by atoms with Crippen molar-refractivity contribution < 1.29 is 9.59 Å². The van der Waals surface area contributed by atoms with E-state index >= 15 is 0 Å². The van der Waals surface area contributed by atoms with Crippen LogP contribution in [0.15, 0.2) is 51.6 Å². The van der Waals surface area contributed by atoms with Gasteiger partial charge in [-0.3, -0.25) is 9.59 Å². The quantitative estimate of drug-likeness (QED) is 0.610. The fourth-order valence-electron chi connectivity index (χ4n) is 2.25. The number of halogens is 1. The lowest BCUT2D eigenvalue weighted by atomic mass is 10.3. The molecular formula is C18H16BrN3O2S2. The molecule has 2 amide bonds. The van der Waals surface area contributed by atoms with Gasteiger partial charge in [-0.15, -0.1) is 22.7 Å². The Morgan fingerprint density at radius 1 is 1.19 bits per heavy atom. The number of benzene rings is 1. The van der Waals surface area contributed by atoms with Crippen LogP contribution in [0.25, 0.3) is 9.88 Å². The fraction of sp³-hybridized carbons (Fsp3) is 0.167. The zero-order valence-corrected chi connectivity index (χ0v) is 17.2. The summed E-state index contributed by atoms with van der Waals surface area (Å²) in [6.07, 6.45) is 0.181. The van der Waals surface area contributed by atoms with Crippen LogP contribution in [-0.4, -0.2) is 35.3 Å². The summed E-state index contributed by atoms with van der Waals surface area (Å²) in [5.41, 5.74) is 1.40. The van der Waals surface area contributed by atoms with Gasteiger partial charge in [-0.1, -0.05) is 18.2 Å². The number of hydrogen-bond donors (Lipinski definition) is 1. The Labute approximate surface area is 167 Å². The van der Waals surface area contributed by atoms with Crippen molar-refractivity contribution in [1.82, 2.24) is 9.88 Å². The molecule has 0 saturated carbocycles. The van der Waals surface area contributed by atoms with Crippen LogP contribution in [0.1, 0.15) is 5.69 Å². The van der Waals surface area contributed by atoms with Crippen LogP contribution < -0.4 is 5.32 Å². The average molecular weight is 450 g/mol. The van der Waals surface area contributed by atoms with Crippen molar-refractivity contribution in [2.24, 2.45) is 0 Å². The van der Waals surface area contributed by atoms with Crippen LogP contribution in [0.5, 0.6) is 0 Å². The van der Waals surface area contributed by atoms with Crippen LogP contribution in [0, 0.1) is 0 Å². The molecule has 5 nitrogen and oxygen atoms in total. The number of carbonyl (C=O) groups excluding carboxylic acids is 2. The number of para-hydroxylation sites is 1. The maximum atomic E-state index is 12.4. The molecule has 0 aliphatic heterocycles. The smallest absolute Gasteiger partial charge is 0.244 e. The van der Waals surface area contributed by atoms with Crippen LogP contribution in [0.3, 0.4) is 0 Å². The molecular weight excluding hydrogens is 434 g/mol. The van der Waals surface area contributed by atoms with E-state index in [0.717, 1.165) is 20.1 Å². The number of aromatic nitrogens is 1. The normalized spacial score (nSPS) is 10.5. The molecule has 0 fully saturated rings. The standard InChI is InChI=1S/C18H16BrN3O2S2/c1-22(10-16(23)21-14-6-3-2-5-13(14)19)17(24)9-12-11-26-18(20-12)15-7-4-8-25-15/h2-8,11H,9-10H2,1H3,(H,21,23). The van der Waals surface area contributed by atoms with E-state index in [1.54, 1.807) is 24.5 Å². The Hall–Kier alpha value is -2.03. The number of thiazole rings is 1. The highest BCUT2D eigenvalue weighted by molar-refractivity contribution is 9.10. The summed E-state index contributed by atoms with van der Waals surface area (Å²) in [6.45, 7) is -0.0118. The third-order valence-electron chi connectivity index (χ3n) is 3.57. The average Bonchev–Trinajstić information content (AvgIpc) is 3.28. The van der Waals surface area contributed by atoms with Crippen LogP contribution in [-0.2, 0) is 16.0 Å². The van der Waals surface area contributed by atoms with Gasteiger partial charge in [0.1, 0.15) is 5.01 Å². The number of amides is 2. The number of anilines is 1. The van der Waals surface area contributed by atoms with Crippen molar-refractivity contribution in [1.29, 1.82) is 0 Å². The molecule has 0 spiro atoms. The number of nitrogens with zero attached hydrogens (tertiary/aromatic N) is 2. The monoisotopic (exact) mass is 449 g/mol. The molecule has 1 N–H and O–H groups in total. The highest BCUT2D eigenvalue weighted by Gasteiger charge is 2.16. The van der Waals surface area contributed by atoms with Crippen molar-refractivity contribution >= 4 is 56.1 Å². The highest BCUT2D eigenvalue weighted by Crippen LogP contribution is 2.28. The van der Waals surface area contributed by atoms with Gasteiger partial charge in [0.15, 0.2) is 0 Å². The molecule has 26 heavy (non-hydrogen) atoms. The summed E-state index contributed by atoms with van der Waals surface area (Å²) in [6, 6.07) is 11.3. The Morgan fingerprint density at radius 2 is 2.00 bits per heavy atom. The molecule has 0 unspecified atom stereocenters. The fourth-order valence-corrected chi connectivity index (χ4v) is 4.27. The molecule has 134 valence electrons. The largest absolute Gasteiger partial charge is 0.336 e. The van der Waals surface area contributed by atoms with Gasteiger partial charge >= 0.3 is 0 Å². The zero-order valence-electron chi connectivity index (χ0n) is 13.9. The molecule has 1 aromatic carbocycles. The first kappa shape index (κ1) is 18.8. The Kier molecular flexibility index (Phi) is 6.18. The molecule has 0 aliphatic rings. The van der Waals surface area contributed by atoms with Crippen molar-refractivity contribution in [3.05, 3.63) is 57.3 Å². The molecule has 3 aromatic rings. The van der Waals surface area contributed by atoms with Crippen molar-refractivity contribution in [2.45, 2.75) is 6.42 Å². The van der Waals surface area contributed by atoms with Crippen LogP contribution in [0.4, 0.5) is 5.69 Å². The van der Waals surface area contributed by atoms with Gasteiger partial charge in [0, 0.05) is 16.9 Å². The lowest BCUT2D eigenvalue weighted by molar-refractivity contribution is -0.132. The van der Waals surface area contributed by atoms with E-state index in [0.29, 0.717) is 5.69 Å². The summed E-state index contributed by atoms with van der Waals surface area (Å²) >= 11 is 6.52. The van der Waals surface area contributed by atoms with E-state index in [1.165, 1.54) is 16.2 Å². The minimum Gasteiger partial charge on any atom is -0.336 e. The van der Waals surface area contributed by atoms with Crippen molar-refractivity contribution in [3.63, 3.8) is 0 Å². The molecule has 0 atom stereocenters. The SMILES string of the molecule is CN(CC(=O)Nc1ccccc1Br)C(=O)Cc1csc(-c2cccs2)n1. The third kappa shape index (κ3) is 4.78. The molecule has 0 bridgehead atoms. The topological polar surface area (TPSA) is 62.3 Å². The van der Waals surface area contributed by atoms with Gasteiger partial charge < -0.3 is 10.2 Å². The van der Waals surface area contributed by atoms with E-state index in [4.69, 9.17) is 0 Å². The Balaban J connectivity index is 1.54. The number of thiophene rings is 1. The minimum absolute atomic E-state index is 0.0118. The summed E-state index contributed by atoms with van der Waals surface area (Å²) in [4.78, 5) is 31.5. The predicted octanol–water partition coefficient (Wildman–Crippen LogP) is 4.27. The van der Waals surface area contributed by atoms with Gasteiger partial charge in [0.25, 0.3) is 0 Å². The molecule has 0 aliphatic carbocycles. The Morgan fingerprint density at radius 3 is 2.73 bits per heavy atom. The summed E-state index contributed by atoms with van der Waals surface area (Å²) in [5, 5.41) is 7.59. The number of rotatable bonds is 6. The third-order valence-corrected chi connectivity index (χ3v) is 6.19. The maximum absolute atomic E-state index is 12.4. The molecule has 2 aromatic heterocycles. The second kappa shape index (κ2) is 8.57. The molecule has 0 radical (unpaired) electrons. The number of nitrogens with one attached hydrogen (secondary N) is 1. The van der Waals surface area contributed by atoms with Gasteiger partial charge in [0.05, 0.1) is 29.2 Å². The van der Waals surface area contributed by atoms with Crippen LogP contribution >= 0.6 is 38.6 Å². The Bertz CT molecular complexity index is 909. The first-order chi connectivity index (χ1) is 12.5. The zero-order chi connectivity index (χ0) is 18.5. The first-order valence-corrected chi connectivity index (χ1v) is 10.3. The number of hydrogen-bond acceptors (Lipinski definition) is 5. The molecule has 2 heterocycles. The summed E-state index contributed by atoms with van der Waals surface area (Å²) in [5.74, 6) is -0.388. The second-order valence-electron chi connectivity index (χ2n) is 5.58. The van der Waals surface area contributed by atoms with Gasteiger partial charge in [-0.05, 0) is 39.5 Å². The van der Waals surface area contributed by atoms with Gasteiger partial charge in [-0.25, -0.2) is 4.98 Å². The predicted molar refractivity (Wildman–Crippen MR) is 110 cm³/mol. The van der Waals surface area contributed by atoms with Crippen molar-refractivity contribution in [2.75, 3.05) is 18.9 Å². The second-order valence-corrected chi connectivity index (χ2v) is 8.24. The van der Waals surface area contributed by atoms with Crippen LogP contribution in [0.2, 0.25) is 0 Å². The van der Waals surface area contributed by atoms with E-state index in [-0.39, 0.29) is 24.8 Å². The minimum atomic E-state index is -0.245. The lowest BCUT2D eigenvalue weighted by Gasteiger charge is -2.16. The molecule has 3 rings (SSSR count). The first-order valence-electron chi connectivity index (χ1n) is 7.79. The van der Waals surface area contributed by atoms with Gasteiger partial charge in [0.2, 0.25) is 11.8 Å². The number of carbonyl (C=O) groups is 2. The lowest BCUT2D eigenvalue weighted by Crippen LogP contribution is -2.35. The molecule has 0 saturated heterocycles. The summed E-state index contributed by atoms with van der Waals surface area (Å²) in [7, 11) is 1.62. The maximum Gasteiger partial charge on any atom is 0.244 e. The van der Waals surface area contributed by atoms with Gasteiger partial charge in [-0.2, -0.15) is 0 Å². The van der Waals surface area contributed by atoms with E-state index in [2.05, 4.69) is 26.2 Å².